The van der Waals surface area contributed by atoms with Crippen molar-refractivity contribution in [3.63, 3.8) is 0 Å². The van der Waals surface area contributed by atoms with Crippen molar-refractivity contribution < 1.29 is 28.9 Å². The first-order valence-corrected chi connectivity index (χ1v) is 12.9. The lowest BCUT2D eigenvalue weighted by atomic mass is 9.85. The van der Waals surface area contributed by atoms with Crippen molar-refractivity contribution in [1.82, 2.24) is 0 Å². The fraction of sp³-hybridized carbons (Fsp3) is 0.312. The molecule has 1 saturated heterocycles. The first-order chi connectivity index (χ1) is 18.5. The summed E-state index contributed by atoms with van der Waals surface area (Å²) in [5, 5.41) is 11.7. The third-order valence-electron chi connectivity index (χ3n) is 6.68. The SMILES string of the molecule is COc1ccc(C2/C(=C(\O)c3cc(C(C)(C)C)ccc3OC)C(=O)C(=O)N2c2ccc(OC(C)C)cc2)cc1. The molecule has 1 amide bonds. The van der Waals surface area contributed by atoms with Crippen LogP contribution >= 0.6 is 0 Å². The highest BCUT2D eigenvalue weighted by molar-refractivity contribution is 6.51. The highest BCUT2D eigenvalue weighted by atomic mass is 16.5. The van der Waals surface area contributed by atoms with Gasteiger partial charge in [0.2, 0.25) is 0 Å². The lowest BCUT2D eigenvalue weighted by molar-refractivity contribution is -0.132. The lowest BCUT2D eigenvalue weighted by Gasteiger charge is -2.26. The molecule has 0 bridgehead atoms. The summed E-state index contributed by atoms with van der Waals surface area (Å²) in [5.74, 6) is -0.130. The van der Waals surface area contributed by atoms with Gasteiger partial charge in [-0.2, -0.15) is 0 Å². The largest absolute Gasteiger partial charge is 0.507 e. The van der Waals surface area contributed by atoms with Crippen molar-refractivity contribution >= 4 is 23.1 Å². The highest BCUT2D eigenvalue weighted by Crippen LogP contribution is 2.44. The van der Waals surface area contributed by atoms with Crippen LogP contribution in [0.5, 0.6) is 17.2 Å². The number of carbonyl (C=O) groups is 2. The summed E-state index contributed by atoms with van der Waals surface area (Å²) >= 11 is 0. The van der Waals surface area contributed by atoms with E-state index in [4.69, 9.17) is 14.2 Å². The quantitative estimate of drug-likeness (QED) is 0.216. The van der Waals surface area contributed by atoms with Crippen LogP contribution in [-0.4, -0.2) is 37.1 Å². The molecule has 0 aromatic heterocycles. The Morgan fingerprint density at radius 2 is 1.49 bits per heavy atom. The smallest absolute Gasteiger partial charge is 0.300 e. The van der Waals surface area contributed by atoms with Gasteiger partial charge in [-0.25, -0.2) is 0 Å². The van der Waals surface area contributed by atoms with Crippen molar-refractivity contribution in [2.75, 3.05) is 19.1 Å². The van der Waals surface area contributed by atoms with Gasteiger partial charge in [0.25, 0.3) is 11.7 Å². The third kappa shape index (κ3) is 5.48. The topological polar surface area (TPSA) is 85.3 Å². The number of benzene rings is 3. The molecule has 0 aliphatic carbocycles. The molecule has 1 unspecified atom stereocenters. The predicted molar refractivity (Wildman–Crippen MR) is 152 cm³/mol. The Balaban J connectivity index is 1.93. The van der Waals surface area contributed by atoms with E-state index in [0.29, 0.717) is 34.1 Å². The van der Waals surface area contributed by atoms with E-state index in [1.807, 2.05) is 26.0 Å². The summed E-state index contributed by atoms with van der Waals surface area (Å²) < 4.78 is 16.6. The Labute approximate surface area is 229 Å². The number of aliphatic hydroxyl groups is 1. The summed E-state index contributed by atoms with van der Waals surface area (Å²) in [5.41, 5.74) is 2.20. The minimum atomic E-state index is -0.879. The predicted octanol–water partition coefficient (Wildman–Crippen LogP) is 6.41. The number of rotatable bonds is 7. The first-order valence-electron chi connectivity index (χ1n) is 12.9. The van der Waals surface area contributed by atoms with Crippen molar-refractivity contribution in [1.29, 1.82) is 0 Å². The summed E-state index contributed by atoms with van der Waals surface area (Å²) in [7, 11) is 3.07. The van der Waals surface area contributed by atoms with Gasteiger partial charge in [-0.1, -0.05) is 39.0 Å². The zero-order valence-electron chi connectivity index (χ0n) is 23.4. The van der Waals surface area contributed by atoms with Crippen LogP contribution < -0.4 is 19.1 Å². The number of Topliss-reactive ketones (excluding diaryl/α,β-unsaturated/α-hetero) is 1. The van der Waals surface area contributed by atoms with Crippen LogP contribution in [0.4, 0.5) is 5.69 Å². The molecule has 1 fully saturated rings. The van der Waals surface area contributed by atoms with Gasteiger partial charge in [0.15, 0.2) is 0 Å². The minimum Gasteiger partial charge on any atom is -0.507 e. The number of carbonyl (C=O) groups excluding carboxylic acids is 2. The Morgan fingerprint density at radius 3 is 2.03 bits per heavy atom. The second-order valence-corrected chi connectivity index (χ2v) is 10.8. The maximum Gasteiger partial charge on any atom is 0.300 e. The van der Waals surface area contributed by atoms with E-state index < -0.39 is 17.7 Å². The van der Waals surface area contributed by atoms with E-state index in [0.717, 1.165) is 5.56 Å². The van der Waals surface area contributed by atoms with Crippen molar-refractivity contribution in [2.45, 2.75) is 52.2 Å². The number of hydrogen-bond donors (Lipinski definition) is 1. The molecule has 1 aliphatic rings. The van der Waals surface area contributed by atoms with Crippen LogP contribution in [0.3, 0.4) is 0 Å². The molecule has 39 heavy (non-hydrogen) atoms. The van der Waals surface area contributed by atoms with E-state index in [1.165, 1.54) is 12.0 Å². The molecule has 1 N–H and O–H groups in total. The minimum absolute atomic E-state index is 0.0109. The average Bonchev–Trinajstić information content (AvgIpc) is 3.17. The van der Waals surface area contributed by atoms with Gasteiger partial charge in [0, 0.05) is 5.69 Å². The zero-order valence-corrected chi connectivity index (χ0v) is 23.4. The van der Waals surface area contributed by atoms with Crippen LogP contribution in [0.2, 0.25) is 0 Å². The summed E-state index contributed by atoms with van der Waals surface area (Å²) in [6, 6.07) is 18.7. The standard InChI is InChI=1S/C32H35NO6/c1-19(2)39-24-15-11-22(12-16-24)33-28(20-8-13-23(37-6)14-9-20)27(30(35)31(33)36)29(34)25-18-21(32(3,4)5)10-17-26(25)38-7/h8-19,28,34H,1-7H3/b29-27+. The van der Waals surface area contributed by atoms with Crippen LogP contribution in [0.15, 0.2) is 72.3 Å². The second-order valence-electron chi connectivity index (χ2n) is 10.8. The van der Waals surface area contributed by atoms with Gasteiger partial charge in [0.05, 0.1) is 37.5 Å². The fourth-order valence-corrected chi connectivity index (χ4v) is 4.66. The number of ketones is 1. The number of anilines is 1. The molecular formula is C32H35NO6. The Kier molecular flexibility index (Phi) is 7.72. The number of methoxy groups -OCH3 is 2. The first kappa shape index (κ1) is 27.8. The molecule has 1 aliphatic heterocycles. The number of amides is 1. The molecule has 7 heteroatoms. The van der Waals surface area contributed by atoms with Gasteiger partial charge in [-0.05, 0) is 78.9 Å². The molecule has 7 nitrogen and oxygen atoms in total. The fourth-order valence-electron chi connectivity index (χ4n) is 4.66. The molecular weight excluding hydrogens is 494 g/mol. The number of ether oxygens (including phenoxy) is 3. The Hall–Kier alpha value is -4.26. The lowest BCUT2D eigenvalue weighted by Crippen LogP contribution is -2.29. The zero-order chi connectivity index (χ0) is 28.5. The molecule has 4 rings (SSSR count). The molecule has 3 aromatic carbocycles. The maximum atomic E-state index is 13.6. The molecule has 1 atom stereocenters. The second kappa shape index (κ2) is 10.8. The van der Waals surface area contributed by atoms with E-state index in [2.05, 4.69) is 20.8 Å². The van der Waals surface area contributed by atoms with Gasteiger partial charge in [-0.15, -0.1) is 0 Å². The van der Waals surface area contributed by atoms with E-state index in [9.17, 15) is 14.7 Å². The van der Waals surface area contributed by atoms with E-state index >= 15 is 0 Å². The Bertz CT molecular complexity index is 1400. The highest BCUT2D eigenvalue weighted by Gasteiger charge is 2.47. The van der Waals surface area contributed by atoms with Crippen LogP contribution in [0.1, 0.15) is 57.4 Å². The molecule has 1 heterocycles. The molecule has 0 saturated carbocycles. The average molecular weight is 530 g/mol. The molecule has 0 spiro atoms. The van der Waals surface area contributed by atoms with Crippen molar-refractivity contribution in [3.8, 4) is 17.2 Å². The number of aliphatic hydroxyl groups excluding tert-OH is 1. The third-order valence-corrected chi connectivity index (χ3v) is 6.68. The Morgan fingerprint density at radius 1 is 0.872 bits per heavy atom. The van der Waals surface area contributed by atoms with E-state index in [-0.39, 0.29) is 22.9 Å². The van der Waals surface area contributed by atoms with E-state index in [1.54, 1.807) is 61.7 Å². The molecule has 0 radical (unpaired) electrons. The van der Waals surface area contributed by atoms with Gasteiger partial charge in [-0.3, -0.25) is 14.5 Å². The van der Waals surface area contributed by atoms with Crippen LogP contribution in [0.25, 0.3) is 5.76 Å². The summed E-state index contributed by atoms with van der Waals surface area (Å²) in [4.78, 5) is 28.6. The molecule has 204 valence electrons. The van der Waals surface area contributed by atoms with Gasteiger partial charge in [0.1, 0.15) is 23.0 Å². The number of hydrogen-bond acceptors (Lipinski definition) is 6. The van der Waals surface area contributed by atoms with Gasteiger partial charge < -0.3 is 19.3 Å². The van der Waals surface area contributed by atoms with Crippen LogP contribution in [0, 0.1) is 0 Å². The molecule has 3 aromatic rings. The maximum absolute atomic E-state index is 13.6. The normalized spacial score (nSPS) is 17.0. The van der Waals surface area contributed by atoms with Crippen LogP contribution in [-0.2, 0) is 15.0 Å². The summed E-state index contributed by atoms with van der Waals surface area (Å²) in [6.07, 6.45) is -0.0109. The van der Waals surface area contributed by atoms with Gasteiger partial charge >= 0.3 is 0 Å². The van der Waals surface area contributed by atoms with Crippen molar-refractivity contribution in [2.24, 2.45) is 0 Å². The summed E-state index contributed by atoms with van der Waals surface area (Å²) in [6.45, 7) is 10.0. The van der Waals surface area contributed by atoms with Crippen molar-refractivity contribution in [3.05, 3.63) is 89.0 Å². The monoisotopic (exact) mass is 529 g/mol. The number of nitrogens with zero attached hydrogens (tertiary/aromatic N) is 1.